The molecule has 0 saturated carbocycles. The fraction of sp³-hybridized carbons (Fsp3) is 0.556. The summed E-state index contributed by atoms with van der Waals surface area (Å²) < 4.78 is 5.59. The predicted octanol–water partition coefficient (Wildman–Crippen LogP) is 0.873. The summed E-state index contributed by atoms with van der Waals surface area (Å²) in [5.41, 5.74) is 0. The molecule has 4 nitrogen and oxygen atoms in total. The number of aromatic nitrogens is 2. The molecule has 0 radical (unpaired) electrons. The highest BCUT2D eigenvalue weighted by atomic mass is 16.5. The molecule has 70 valence electrons. The summed E-state index contributed by atoms with van der Waals surface area (Å²) in [6, 6.07) is 0. The number of rotatable bonds is 2. The lowest BCUT2D eigenvalue weighted by Gasteiger charge is -2.12. The van der Waals surface area contributed by atoms with Crippen molar-refractivity contribution in [3.05, 3.63) is 18.2 Å². The van der Waals surface area contributed by atoms with Crippen molar-refractivity contribution in [2.75, 3.05) is 6.54 Å². The Bertz CT molecular complexity index is 267. The molecule has 2 rings (SSSR count). The minimum atomic E-state index is 0.145. The largest absolute Gasteiger partial charge is 0.472 e. The SMILES string of the molecule is Cc1ncc(OC2CCCN2)cn1. The third kappa shape index (κ3) is 2.15. The Hall–Kier alpha value is -1.16. The van der Waals surface area contributed by atoms with Gasteiger partial charge in [-0.05, 0) is 26.3 Å². The molecule has 1 aromatic rings. The van der Waals surface area contributed by atoms with Crippen LogP contribution in [0.3, 0.4) is 0 Å². The van der Waals surface area contributed by atoms with E-state index in [9.17, 15) is 0 Å². The molecule has 0 bridgehead atoms. The first-order chi connectivity index (χ1) is 6.34. The lowest BCUT2D eigenvalue weighted by molar-refractivity contribution is 0.186. The van der Waals surface area contributed by atoms with Crippen LogP contribution in [0.15, 0.2) is 12.4 Å². The summed E-state index contributed by atoms with van der Waals surface area (Å²) in [6.07, 6.45) is 5.81. The minimum absolute atomic E-state index is 0.145. The van der Waals surface area contributed by atoms with Crippen LogP contribution < -0.4 is 10.1 Å². The van der Waals surface area contributed by atoms with E-state index in [2.05, 4.69) is 15.3 Å². The van der Waals surface area contributed by atoms with Gasteiger partial charge in [-0.2, -0.15) is 0 Å². The Morgan fingerprint density at radius 2 is 2.23 bits per heavy atom. The van der Waals surface area contributed by atoms with Gasteiger partial charge in [0.05, 0.1) is 12.4 Å². The summed E-state index contributed by atoms with van der Waals surface area (Å²) in [5.74, 6) is 1.51. The average Bonchev–Trinajstić information content (AvgIpc) is 2.62. The summed E-state index contributed by atoms with van der Waals surface area (Å²) in [6.45, 7) is 2.90. The van der Waals surface area contributed by atoms with Crippen LogP contribution in [0.25, 0.3) is 0 Å². The van der Waals surface area contributed by atoms with Crippen molar-refractivity contribution in [3.63, 3.8) is 0 Å². The molecule has 1 atom stereocenters. The number of ether oxygens (including phenoxy) is 1. The molecule has 1 aliphatic rings. The Labute approximate surface area is 77.4 Å². The lowest BCUT2D eigenvalue weighted by atomic mass is 10.4. The van der Waals surface area contributed by atoms with Gasteiger partial charge in [-0.25, -0.2) is 9.97 Å². The summed E-state index contributed by atoms with van der Waals surface area (Å²) in [4.78, 5) is 8.11. The fourth-order valence-electron chi connectivity index (χ4n) is 1.36. The van der Waals surface area contributed by atoms with E-state index in [0.29, 0.717) is 0 Å². The van der Waals surface area contributed by atoms with Gasteiger partial charge in [-0.3, -0.25) is 5.32 Å². The average molecular weight is 179 g/mol. The van der Waals surface area contributed by atoms with E-state index in [1.807, 2.05) is 6.92 Å². The highest BCUT2D eigenvalue weighted by Gasteiger charge is 2.15. The van der Waals surface area contributed by atoms with E-state index in [1.165, 1.54) is 6.42 Å². The standard InChI is InChI=1S/C9H13N3O/c1-7-11-5-8(6-12-7)13-9-3-2-4-10-9/h5-6,9-10H,2-4H2,1H3. The molecule has 0 spiro atoms. The second-order valence-corrected chi connectivity index (χ2v) is 3.17. The number of aryl methyl sites for hydroxylation is 1. The van der Waals surface area contributed by atoms with Gasteiger partial charge in [-0.15, -0.1) is 0 Å². The number of nitrogens with one attached hydrogen (secondary N) is 1. The van der Waals surface area contributed by atoms with E-state index in [4.69, 9.17) is 4.74 Å². The van der Waals surface area contributed by atoms with Crippen molar-refractivity contribution in [1.82, 2.24) is 15.3 Å². The van der Waals surface area contributed by atoms with Crippen LogP contribution in [-0.4, -0.2) is 22.7 Å². The summed E-state index contributed by atoms with van der Waals surface area (Å²) >= 11 is 0. The van der Waals surface area contributed by atoms with Gasteiger partial charge in [0.1, 0.15) is 12.1 Å². The number of hydrogen-bond donors (Lipinski definition) is 1. The van der Waals surface area contributed by atoms with Crippen molar-refractivity contribution in [2.24, 2.45) is 0 Å². The molecule has 1 aliphatic heterocycles. The molecule has 1 fully saturated rings. The monoisotopic (exact) mass is 179 g/mol. The van der Waals surface area contributed by atoms with E-state index in [1.54, 1.807) is 12.4 Å². The second kappa shape index (κ2) is 3.70. The van der Waals surface area contributed by atoms with Crippen LogP contribution in [0.4, 0.5) is 0 Å². The third-order valence-corrected chi connectivity index (χ3v) is 2.05. The molecule has 2 heterocycles. The van der Waals surface area contributed by atoms with E-state index < -0.39 is 0 Å². The quantitative estimate of drug-likeness (QED) is 0.732. The maximum atomic E-state index is 5.59. The zero-order chi connectivity index (χ0) is 9.10. The van der Waals surface area contributed by atoms with E-state index in [0.717, 1.165) is 24.5 Å². The van der Waals surface area contributed by atoms with Crippen LogP contribution in [-0.2, 0) is 0 Å². The Morgan fingerprint density at radius 1 is 1.46 bits per heavy atom. The molecule has 13 heavy (non-hydrogen) atoms. The van der Waals surface area contributed by atoms with Crippen molar-refractivity contribution in [1.29, 1.82) is 0 Å². The Balaban J connectivity index is 1.97. The van der Waals surface area contributed by atoms with Gasteiger partial charge >= 0.3 is 0 Å². The molecule has 0 aliphatic carbocycles. The molecule has 1 saturated heterocycles. The molecule has 1 N–H and O–H groups in total. The summed E-state index contributed by atoms with van der Waals surface area (Å²) in [5, 5.41) is 3.24. The van der Waals surface area contributed by atoms with Gasteiger partial charge < -0.3 is 4.74 Å². The maximum absolute atomic E-state index is 5.59. The first-order valence-electron chi connectivity index (χ1n) is 4.53. The smallest absolute Gasteiger partial charge is 0.158 e. The fourth-order valence-corrected chi connectivity index (χ4v) is 1.36. The zero-order valence-electron chi connectivity index (χ0n) is 7.66. The highest BCUT2D eigenvalue weighted by Crippen LogP contribution is 2.12. The second-order valence-electron chi connectivity index (χ2n) is 3.17. The first-order valence-corrected chi connectivity index (χ1v) is 4.53. The van der Waals surface area contributed by atoms with Gasteiger partial charge in [0.15, 0.2) is 5.75 Å². The van der Waals surface area contributed by atoms with E-state index in [-0.39, 0.29) is 6.23 Å². The molecule has 1 aromatic heterocycles. The lowest BCUT2D eigenvalue weighted by Crippen LogP contribution is -2.27. The maximum Gasteiger partial charge on any atom is 0.158 e. The van der Waals surface area contributed by atoms with Gasteiger partial charge in [0.25, 0.3) is 0 Å². The molecule has 0 amide bonds. The Kier molecular flexibility index (Phi) is 2.40. The molecule has 4 heteroatoms. The van der Waals surface area contributed by atoms with Crippen LogP contribution in [0.5, 0.6) is 5.75 Å². The first kappa shape index (κ1) is 8.44. The van der Waals surface area contributed by atoms with Crippen molar-refractivity contribution in [2.45, 2.75) is 26.0 Å². The van der Waals surface area contributed by atoms with Gasteiger partial charge in [-0.1, -0.05) is 0 Å². The zero-order valence-corrected chi connectivity index (χ0v) is 7.66. The van der Waals surface area contributed by atoms with E-state index >= 15 is 0 Å². The molecule has 0 aromatic carbocycles. The van der Waals surface area contributed by atoms with Crippen LogP contribution in [0, 0.1) is 6.92 Å². The topological polar surface area (TPSA) is 47.0 Å². The van der Waals surface area contributed by atoms with Gasteiger partial charge in [0, 0.05) is 0 Å². The highest BCUT2D eigenvalue weighted by molar-refractivity contribution is 5.12. The van der Waals surface area contributed by atoms with Gasteiger partial charge in [0.2, 0.25) is 0 Å². The van der Waals surface area contributed by atoms with Crippen molar-refractivity contribution < 1.29 is 4.74 Å². The van der Waals surface area contributed by atoms with Crippen molar-refractivity contribution >= 4 is 0 Å². The van der Waals surface area contributed by atoms with Crippen LogP contribution in [0.2, 0.25) is 0 Å². The molecular weight excluding hydrogens is 166 g/mol. The summed E-state index contributed by atoms with van der Waals surface area (Å²) in [7, 11) is 0. The molecular formula is C9H13N3O. The van der Waals surface area contributed by atoms with Crippen LogP contribution in [0.1, 0.15) is 18.7 Å². The van der Waals surface area contributed by atoms with Crippen molar-refractivity contribution in [3.8, 4) is 5.75 Å². The minimum Gasteiger partial charge on any atom is -0.472 e. The normalized spacial score (nSPS) is 21.8. The Morgan fingerprint density at radius 3 is 2.85 bits per heavy atom. The number of nitrogens with zero attached hydrogens (tertiary/aromatic N) is 2. The molecule has 1 unspecified atom stereocenters. The predicted molar refractivity (Wildman–Crippen MR) is 48.4 cm³/mol. The number of hydrogen-bond acceptors (Lipinski definition) is 4. The third-order valence-electron chi connectivity index (χ3n) is 2.05. The van der Waals surface area contributed by atoms with Crippen LogP contribution >= 0.6 is 0 Å².